The van der Waals surface area contributed by atoms with Gasteiger partial charge in [-0.15, -0.1) is 0 Å². The number of carbonyl (C=O) groups is 10. The van der Waals surface area contributed by atoms with Crippen LogP contribution in [-0.2, 0) is 86.5 Å². The molecule has 0 spiro atoms. The fourth-order valence-corrected chi connectivity index (χ4v) is 9.07. The third kappa shape index (κ3) is 18.6. The van der Waals surface area contributed by atoms with Crippen molar-refractivity contribution < 1.29 is 66.9 Å². The summed E-state index contributed by atoms with van der Waals surface area (Å²) in [4.78, 5) is 133. The molecule has 6 aromatic rings. The van der Waals surface area contributed by atoms with Crippen molar-refractivity contribution in [3.05, 3.63) is 188 Å². The van der Waals surface area contributed by atoms with Gasteiger partial charge in [-0.05, 0) is 119 Å². The lowest BCUT2D eigenvalue weighted by Gasteiger charge is -2.29. The molecule has 20 nitrogen and oxygen atoms in total. The van der Waals surface area contributed by atoms with Crippen molar-refractivity contribution in [2.24, 2.45) is 0 Å². The summed E-state index contributed by atoms with van der Waals surface area (Å²) >= 11 is 17.1. The van der Waals surface area contributed by atoms with E-state index in [2.05, 4.69) is 20.0 Å². The highest BCUT2D eigenvalue weighted by atomic mass is 35.5. The van der Waals surface area contributed by atoms with Crippen LogP contribution in [0.15, 0.2) is 122 Å². The smallest absolute Gasteiger partial charge is 0.339 e. The van der Waals surface area contributed by atoms with Gasteiger partial charge in [-0.2, -0.15) is 0 Å². The van der Waals surface area contributed by atoms with Gasteiger partial charge in [0.15, 0.2) is 24.8 Å². The van der Waals surface area contributed by atoms with E-state index >= 15 is 0 Å². The summed E-state index contributed by atoms with van der Waals surface area (Å²) in [5.41, 5.74) is 11.2. The van der Waals surface area contributed by atoms with Crippen LogP contribution in [0.2, 0.25) is 10.0 Å². The number of methoxy groups -OCH3 is 2. The number of nitrogens with two attached hydrogens (primary N) is 1. The number of amides is 3. The van der Waals surface area contributed by atoms with Crippen LogP contribution in [0, 0.1) is 0 Å². The Morgan fingerprint density at radius 1 is 0.602 bits per heavy atom. The van der Waals surface area contributed by atoms with E-state index < -0.39 is 53.7 Å². The first kappa shape index (κ1) is 66.7. The maximum Gasteiger partial charge on any atom is 0.339 e. The molecule has 0 radical (unpaired) electrons. The summed E-state index contributed by atoms with van der Waals surface area (Å²) in [6, 6.07) is 28.5. The highest BCUT2D eigenvalue weighted by Crippen LogP contribution is 2.30. The van der Waals surface area contributed by atoms with Crippen LogP contribution in [0.1, 0.15) is 104 Å². The minimum atomic E-state index is -0.837. The Labute approximate surface area is 494 Å². The molecule has 23 heteroatoms. The molecule has 436 valence electrons. The zero-order valence-corrected chi connectivity index (χ0v) is 46.3. The minimum absolute atomic E-state index is 0. The van der Waals surface area contributed by atoms with E-state index in [1.807, 2.05) is 12.1 Å². The number of nitrogens with zero attached hydrogens (tertiary/aromatic N) is 4. The second-order valence-corrected chi connectivity index (χ2v) is 19.4. The summed E-state index contributed by atoms with van der Waals surface area (Å²) < 4.78 is 18.5. The van der Waals surface area contributed by atoms with Crippen LogP contribution < -0.4 is 11.1 Å². The second-order valence-electron chi connectivity index (χ2n) is 18.1. The Hall–Kier alpha value is -8.85. The van der Waals surface area contributed by atoms with Gasteiger partial charge >= 0.3 is 23.9 Å². The van der Waals surface area contributed by atoms with Gasteiger partial charge in [-0.1, -0.05) is 62.3 Å². The van der Waals surface area contributed by atoms with Crippen molar-refractivity contribution in [2.75, 3.05) is 38.5 Å². The van der Waals surface area contributed by atoms with Crippen LogP contribution >= 0.6 is 34.8 Å². The average molecular weight is 1200 g/mol. The van der Waals surface area contributed by atoms with E-state index in [0.29, 0.717) is 54.8 Å². The first-order chi connectivity index (χ1) is 38.6. The summed E-state index contributed by atoms with van der Waals surface area (Å²) in [6.07, 6.45) is 3.87. The van der Waals surface area contributed by atoms with E-state index in [9.17, 15) is 47.9 Å². The topological polar surface area (TPSA) is 278 Å². The van der Waals surface area contributed by atoms with Crippen molar-refractivity contribution in [3.63, 3.8) is 0 Å². The van der Waals surface area contributed by atoms with Gasteiger partial charge in [0.25, 0.3) is 23.0 Å². The number of ketones is 2. The van der Waals surface area contributed by atoms with Crippen molar-refractivity contribution >= 4 is 105 Å². The van der Waals surface area contributed by atoms with E-state index in [-0.39, 0.29) is 106 Å². The fourth-order valence-electron chi connectivity index (χ4n) is 8.62. The maximum atomic E-state index is 13.8. The molecule has 0 saturated carbocycles. The molecule has 4 aromatic carbocycles. The van der Waals surface area contributed by atoms with E-state index in [1.165, 1.54) is 45.1 Å². The molecule has 0 unspecified atom stereocenters. The van der Waals surface area contributed by atoms with Gasteiger partial charge in [0.1, 0.15) is 0 Å². The Kier molecular flexibility index (Phi) is 25.2. The van der Waals surface area contributed by atoms with Crippen LogP contribution in [-0.4, -0.2) is 118 Å². The minimum Gasteiger partial charge on any atom is -0.465 e. The van der Waals surface area contributed by atoms with Crippen LogP contribution in [0.5, 0.6) is 0 Å². The number of hydrogen-bond acceptors (Lipinski definition) is 17. The number of carbonyl (C=O) groups excluding carboxylic acids is 10. The van der Waals surface area contributed by atoms with Gasteiger partial charge in [-0.3, -0.25) is 48.3 Å². The van der Waals surface area contributed by atoms with Crippen molar-refractivity contribution in [1.82, 2.24) is 19.8 Å². The maximum absolute atomic E-state index is 13.8. The number of hydrogen-bond donors (Lipinski definition) is 2. The highest BCUT2D eigenvalue weighted by molar-refractivity contribution is 6.64. The molecule has 2 aromatic heterocycles. The molecular weight excluding hydrogens is 1140 g/mol. The molecule has 0 aliphatic carbocycles. The predicted octanol–water partition coefficient (Wildman–Crippen LogP) is 8.47. The van der Waals surface area contributed by atoms with Crippen LogP contribution in [0.4, 0.5) is 11.4 Å². The average Bonchev–Trinajstić information content (AvgIpc) is 3.15. The first-order valence-electron chi connectivity index (χ1n) is 24.6. The van der Waals surface area contributed by atoms with Gasteiger partial charge in [-0.25, -0.2) is 9.59 Å². The van der Waals surface area contributed by atoms with E-state index in [1.54, 1.807) is 102 Å². The molecule has 2 aliphatic heterocycles. The lowest BCUT2D eigenvalue weighted by Crippen LogP contribution is -2.45. The normalized spacial score (nSPS) is 14.1. The number of esters is 4. The standard InChI is InChI=1S/C29H26ClN3O7.C25H22ClN3O4.C4H5ClO3.2CH4/c1-17(34)40-16-27(36)32-24-11-18(6-8-23(24)29(38)39-2)15-33-25(14-21-5-3-4-10-31-21)26(35)13-19-12-20(30)7-9-22(19)28(33)37;1-33-25(32)20-7-5-15(10-21(20)27)14-29-22(13-18-4-2-3-9-28-18)23(30)12-16-11-17(26)6-8-19(16)24(29)31;1-3(6)8-2-4(5)7;;/h3-12,25H,13-16H2,1-2H3,(H,32,36);2-11,22H,12-14,27H2,1H3;2H2,1H3;2*1H4/t25-;22-;;;/m11.../s1. The Morgan fingerprint density at radius 2 is 1.05 bits per heavy atom. The Bertz CT molecular complexity index is 3370. The van der Waals surface area contributed by atoms with Crippen molar-refractivity contribution in [2.45, 2.75) is 79.6 Å². The molecule has 83 heavy (non-hydrogen) atoms. The van der Waals surface area contributed by atoms with Crippen LogP contribution in [0.3, 0.4) is 0 Å². The molecular formula is C60H61Cl3N6O14. The van der Waals surface area contributed by atoms with Gasteiger partial charge < -0.3 is 39.8 Å². The van der Waals surface area contributed by atoms with Gasteiger partial charge in [0.05, 0.1) is 43.1 Å². The number of rotatable bonds is 15. The lowest BCUT2D eigenvalue weighted by molar-refractivity contribution is -0.145. The molecule has 0 saturated heterocycles. The van der Waals surface area contributed by atoms with Crippen molar-refractivity contribution in [1.29, 1.82) is 0 Å². The number of pyridine rings is 2. The Balaban J connectivity index is 0.000000312. The summed E-state index contributed by atoms with van der Waals surface area (Å²) in [5.74, 6) is -3.97. The molecule has 4 heterocycles. The van der Waals surface area contributed by atoms with Crippen LogP contribution in [0.25, 0.3) is 0 Å². The predicted molar refractivity (Wildman–Crippen MR) is 310 cm³/mol. The largest absolute Gasteiger partial charge is 0.465 e. The number of nitrogen functional groups attached to an aromatic ring is 1. The summed E-state index contributed by atoms with van der Waals surface area (Å²) in [6.45, 7) is 1.61. The monoisotopic (exact) mass is 1190 g/mol. The second kappa shape index (κ2) is 31.4. The third-order valence-electron chi connectivity index (χ3n) is 12.4. The number of anilines is 2. The Morgan fingerprint density at radius 3 is 1.46 bits per heavy atom. The molecule has 0 fully saturated rings. The third-order valence-corrected chi connectivity index (χ3v) is 13.0. The molecule has 0 bridgehead atoms. The first-order valence-corrected chi connectivity index (χ1v) is 25.8. The number of fused-ring (bicyclic) bond motifs is 2. The van der Waals surface area contributed by atoms with Crippen molar-refractivity contribution in [3.8, 4) is 0 Å². The fraction of sp³-hybridized carbons (Fsp3) is 0.267. The number of benzene rings is 4. The molecule has 8 rings (SSSR count). The van der Waals surface area contributed by atoms with E-state index in [0.717, 1.165) is 0 Å². The number of halogens is 3. The molecule has 3 amide bonds. The summed E-state index contributed by atoms with van der Waals surface area (Å²) in [7, 11) is 2.48. The quantitative estimate of drug-likeness (QED) is 0.0422. The lowest BCUT2D eigenvalue weighted by atomic mass is 9.99. The number of Topliss-reactive ketones (excluding diaryl/α,β-unsaturated/α-hetero) is 2. The zero-order chi connectivity index (χ0) is 58.9. The SMILES string of the molecule is C.C.CC(=O)OCC(=O)Cl.COC(=O)c1ccc(CN2C(=O)c3ccc(Cl)cc3CC(=O)[C@H]2Cc2ccccn2)cc1N.COC(=O)c1ccc(CN2C(=O)c3ccc(Cl)cc3CC(=O)[C@H]2Cc2ccccn2)cc1NC(=O)COC(C)=O. The molecule has 2 aliphatic rings. The highest BCUT2D eigenvalue weighted by Gasteiger charge is 2.38. The summed E-state index contributed by atoms with van der Waals surface area (Å²) in [5, 5.41) is 2.77. The molecule has 3 N–H and O–H groups in total. The number of aromatic nitrogens is 2. The number of ether oxygens (including phenoxy) is 4. The van der Waals surface area contributed by atoms with Gasteiger partial charge in [0.2, 0.25) is 0 Å². The zero-order valence-electron chi connectivity index (χ0n) is 44.1. The van der Waals surface area contributed by atoms with E-state index in [4.69, 9.17) is 54.7 Å². The molecule has 2 atom stereocenters. The van der Waals surface area contributed by atoms with Gasteiger partial charge in [0, 0.05) is 103 Å². The number of nitrogens with one attached hydrogen (secondary N) is 1.